The predicted octanol–water partition coefficient (Wildman–Crippen LogP) is 2.87. The smallest absolute Gasteiger partial charge is 0.301 e. The monoisotopic (exact) mass is 391 g/mol. The first-order valence-electron chi connectivity index (χ1n) is 8.10. The Morgan fingerprint density at radius 2 is 2.08 bits per heavy atom. The maximum absolute atomic E-state index is 12.4. The minimum Gasteiger partial charge on any atom is -0.486 e. The molecule has 0 spiro atoms. The van der Waals surface area contributed by atoms with Crippen LogP contribution in [0.1, 0.15) is 16.2 Å². The number of rotatable bonds is 4. The molecule has 1 aliphatic rings. The zero-order valence-electron chi connectivity index (χ0n) is 14.4. The highest BCUT2D eigenvalue weighted by Gasteiger charge is 2.17. The van der Waals surface area contributed by atoms with E-state index in [4.69, 9.17) is 14.0 Å². The van der Waals surface area contributed by atoms with E-state index >= 15 is 0 Å². The number of thioether (sulfide) groups is 1. The fourth-order valence-corrected chi connectivity index (χ4v) is 4.13. The van der Waals surface area contributed by atoms with Gasteiger partial charge in [0.05, 0.1) is 10.2 Å². The van der Waals surface area contributed by atoms with Gasteiger partial charge in [-0.15, -0.1) is 0 Å². The molecule has 2 aromatic heterocycles. The second kappa shape index (κ2) is 7.16. The van der Waals surface area contributed by atoms with E-state index in [-0.39, 0.29) is 5.69 Å². The van der Waals surface area contributed by atoms with Gasteiger partial charge in [-0.2, -0.15) is 16.8 Å². The van der Waals surface area contributed by atoms with E-state index < -0.39 is 5.91 Å². The van der Waals surface area contributed by atoms with Gasteiger partial charge in [-0.3, -0.25) is 4.79 Å². The number of benzene rings is 1. The van der Waals surface area contributed by atoms with Crippen LogP contribution < -0.4 is 14.3 Å². The molecule has 1 aliphatic heterocycles. The number of hydrogen-bond donors (Lipinski definition) is 0. The molecule has 0 saturated heterocycles. The number of aromatic nitrogens is 2. The van der Waals surface area contributed by atoms with Crippen LogP contribution in [0.4, 0.5) is 0 Å². The van der Waals surface area contributed by atoms with Gasteiger partial charge in [-0.25, -0.2) is 0 Å². The number of ether oxygens (including phenoxy) is 2. The fraction of sp³-hybridized carbons (Fsp3) is 0.353. The average molecular weight is 391 g/mol. The highest BCUT2D eigenvalue weighted by atomic mass is 32.2. The lowest BCUT2D eigenvalue weighted by atomic mass is 10.2. The lowest BCUT2D eigenvalue weighted by Crippen LogP contribution is -2.19. The Kier molecular flexibility index (Phi) is 4.73. The van der Waals surface area contributed by atoms with E-state index in [9.17, 15) is 4.79 Å². The first kappa shape index (κ1) is 17.2. The molecule has 0 atom stereocenters. The highest BCUT2D eigenvalue weighted by Crippen LogP contribution is 2.35. The van der Waals surface area contributed by atoms with Crippen LogP contribution in [0.15, 0.2) is 27.7 Å². The van der Waals surface area contributed by atoms with E-state index in [0.29, 0.717) is 23.8 Å². The molecule has 7 nitrogen and oxygen atoms in total. The largest absolute Gasteiger partial charge is 0.486 e. The number of aryl methyl sites for hydroxylation is 2. The number of carbonyl (C=O) groups excluding carboxylic acids is 1. The average Bonchev–Trinajstić information content (AvgIpc) is 3.21. The van der Waals surface area contributed by atoms with Crippen LogP contribution in [0.2, 0.25) is 0 Å². The summed E-state index contributed by atoms with van der Waals surface area (Å²) in [7, 11) is 0. The third-order valence-electron chi connectivity index (χ3n) is 3.91. The molecule has 0 radical (unpaired) electrons. The second-order valence-corrected chi connectivity index (χ2v) is 7.73. The molecular formula is C17H17N3O4S2. The van der Waals surface area contributed by atoms with Gasteiger partial charge in [0, 0.05) is 30.5 Å². The van der Waals surface area contributed by atoms with Crippen molar-refractivity contribution in [2.24, 2.45) is 4.99 Å². The quantitative estimate of drug-likeness (QED) is 0.680. The molecule has 0 N–H and O–H groups in total. The standard InChI is InChI=1S/C17H17N3O4S2/c1-10-7-11(19-24-10)16(21)18-17-20(3-6-25-2)12-8-13-14(9-15(12)26-17)23-5-4-22-13/h7-9H,3-6H2,1-2H3. The van der Waals surface area contributed by atoms with Crippen LogP contribution in [0.3, 0.4) is 0 Å². The summed E-state index contributed by atoms with van der Waals surface area (Å²) in [5, 5.41) is 3.75. The molecule has 0 unspecified atom stereocenters. The summed E-state index contributed by atoms with van der Waals surface area (Å²) >= 11 is 3.19. The maximum Gasteiger partial charge on any atom is 0.301 e. The minimum absolute atomic E-state index is 0.210. The second-order valence-electron chi connectivity index (χ2n) is 5.73. The number of carbonyl (C=O) groups is 1. The van der Waals surface area contributed by atoms with Gasteiger partial charge in [-0.1, -0.05) is 16.5 Å². The molecule has 3 aromatic rings. The van der Waals surface area contributed by atoms with Gasteiger partial charge < -0.3 is 18.6 Å². The van der Waals surface area contributed by atoms with E-state index in [2.05, 4.69) is 10.1 Å². The number of fused-ring (bicyclic) bond motifs is 2. The molecule has 4 rings (SSSR count). The molecular weight excluding hydrogens is 374 g/mol. The molecule has 26 heavy (non-hydrogen) atoms. The van der Waals surface area contributed by atoms with Crippen LogP contribution in [-0.2, 0) is 6.54 Å². The number of thiazole rings is 1. The Morgan fingerprint density at radius 1 is 1.31 bits per heavy atom. The Hall–Kier alpha value is -2.26. The van der Waals surface area contributed by atoms with Gasteiger partial charge >= 0.3 is 5.91 Å². The summed E-state index contributed by atoms with van der Waals surface area (Å²) < 4.78 is 19.4. The summed E-state index contributed by atoms with van der Waals surface area (Å²) in [5.74, 6) is 2.53. The molecule has 9 heteroatoms. The lowest BCUT2D eigenvalue weighted by Gasteiger charge is -2.18. The van der Waals surface area contributed by atoms with Crippen molar-refractivity contribution in [3.05, 3.63) is 34.5 Å². The third-order valence-corrected chi connectivity index (χ3v) is 5.54. The summed E-state index contributed by atoms with van der Waals surface area (Å²) in [4.78, 5) is 17.4. The van der Waals surface area contributed by atoms with Crippen molar-refractivity contribution in [1.29, 1.82) is 0 Å². The van der Waals surface area contributed by atoms with Gasteiger partial charge in [-0.05, 0) is 13.2 Å². The molecule has 136 valence electrons. The molecule has 1 aromatic carbocycles. The van der Waals surface area contributed by atoms with Crippen molar-refractivity contribution in [2.75, 3.05) is 25.2 Å². The zero-order chi connectivity index (χ0) is 18.1. The van der Waals surface area contributed by atoms with Crippen LogP contribution in [0, 0.1) is 6.92 Å². The van der Waals surface area contributed by atoms with Gasteiger partial charge in [0.25, 0.3) is 0 Å². The Bertz CT molecular complexity index is 1030. The lowest BCUT2D eigenvalue weighted by molar-refractivity contribution is 0.0989. The van der Waals surface area contributed by atoms with E-state index in [1.54, 1.807) is 24.8 Å². The van der Waals surface area contributed by atoms with Gasteiger partial charge in [0.2, 0.25) is 0 Å². The predicted molar refractivity (Wildman–Crippen MR) is 100 cm³/mol. The summed E-state index contributed by atoms with van der Waals surface area (Å²) in [6, 6.07) is 5.50. The Morgan fingerprint density at radius 3 is 2.77 bits per heavy atom. The maximum atomic E-state index is 12.4. The van der Waals surface area contributed by atoms with Gasteiger partial charge in [0.15, 0.2) is 22.0 Å². The first-order chi connectivity index (χ1) is 12.7. The highest BCUT2D eigenvalue weighted by molar-refractivity contribution is 7.98. The first-order valence-corrected chi connectivity index (χ1v) is 10.3. The number of hydrogen-bond acceptors (Lipinski definition) is 7. The molecule has 0 aliphatic carbocycles. The normalized spacial score (nSPS) is 14.2. The van der Waals surface area contributed by atoms with E-state index in [1.165, 1.54) is 11.3 Å². The van der Waals surface area contributed by atoms with Crippen LogP contribution in [0.5, 0.6) is 11.5 Å². The van der Waals surface area contributed by atoms with Crippen molar-refractivity contribution < 1.29 is 18.8 Å². The molecule has 0 saturated carbocycles. The van der Waals surface area contributed by atoms with Crippen LogP contribution >= 0.6 is 23.1 Å². The molecule has 1 amide bonds. The summed E-state index contributed by atoms with van der Waals surface area (Å²) in [6.07, 6.45) is 2.05. The minimum atomic E-state index is -0.413. The van der Waals surface area contributed by atoms with Crippen molar-refractivity contribution >= 4 is 39.2 Å². The molecule has 0 fully saturated rings. The van der Waals surface area contributed by atoms with Crippen molar-refractivity contribution in [3.8, 4) is 11.5 Å². The molecule has 3 heterocycles. The third kappa shape index (κ3) is 3.24. The number of amides is 1. The van der Waals surface area contributed by atoms with E-state index in [0.717, 1.165) is 34.0 Å². The Balaban J connectivity index is 1.84. The summed E-state index contributed by atoms with van der Waals surface area (Å²) in [6.45, 7) is 3.56. The van der Waals surface area contributed by atoms with Crippen molar-refractivity contribution in [1.82, 2.24) is 9.72 Å². The Labute approximate surface area is 157 Å². The topological polar surface area (TPSA) is 78.9 Å². The van der Waals surface area contributed by atoms with Crippen molar-refractivity contribution in [3.63, 3.8) is 0 Å². The van der Waals surface area contributed by atoms with Crippen LogP contribution in [-0.4, -0.2) is 40.9 Å². The SMILES string of the molecule is CSCCn1c(=NC(=O)c2cc(C)on2)sc2cc3c(cc21)OCCO3. The molecule has 0 bridgehead atoms. The van der Waals surface area contributed by atoms with Crippen LogP contribution in [0.25, 0.3) is 10.2 Å². The van der Waals surface area contributed by atoms with E-state index in [1.807, 2.05) is 23.0 Å². The fourth-order valence-electron chi connectivity index (χ4n) is 2.70. The number of nitrogens with zero attached hydrogens (tertiary/aromatic N) is 3. The van der Waals surface area contributed by atoms with Gasteiger partial charge in [0.1, 0.15) is 19.0 Å². The summed E-state index contributed by atoms with van der Waals surface area (Å²) in [5.41, 5.74) is 1.19. The van der Waals surface area contributed by atoms with Crippen molar-refractivity contribution in [2.45, 2.75) is 13.5 Å². The zero-order valence-corrected chi connectivity index (χ0v) is 16.0.